The Morgan fingerprint density at radius 2 is 2.16 bits per heavy atom. The second kappa shape index (κ2) is 8.98. The predicted molar refractivity (Wildman–Crippen MR) is 96.9 cm³/mol. The van der Waals surface area contributed by atoms with Gasteiger partial charge in [0.25, 0.3) is 6.43 Å². The molecule has 2 rings (SSSR count). The predicted octanol–water partition coefficient (Wildman–Crippen LogP) is 3.78. The summed E-state index contributed by atoms with van der Waals surface area (Å²) in [5.74, 6) is 0.555. The van der Waals surface area contributed by atoms with Crippen LogP contribution in [0.25, 0.3) is 0 Å². The second-order valence-electron chi connectivity index (χ2n) is 5.10. The van der Waals surface area contributed by atoms with Crippen molar-refractivity contribution >= 4 is 34.5 Å². The number of aromatic nitrogens is 2. The van der Waals surface area contributed by atoms with Gasteiger partial charge in [-0.05, 0) is 17.7 Å². The minimum absolute atomic E-state index is 0.00173. The number of anilines is 1. The third kappa shape index (κ3) is 5.29. The van der Waals surface area contributed by atoms with Crippen LogP contribution in [0.15, 0.2) is 41.7 Å². The van der Waals surface area contributed by atoms with Crippen LogP contribution in [0, 0.1) is 0 Å². The van der Waals surface area contributed by atoms with Gasteiger partial charge in [-0.3, -0.25) is 4.99 Å². The normalized spacial score (nSPS) is 11.8. The van der Waals surface area contributed by atoms with E-state index in [-0.39, 0.29) is 18.7 Å². The first-order valence-corrected chi connectivity index (χ1v) is 8.48. The zero-order valence-electron chi connectivity index (χ0n) is 13.5. The lowest BCUT2D eigenvalue weighted by Gasteiger charge is -2.19. The summed E-state index contributed by atoms with van der Waals surface area (Å²) < 4.78 is 25.3. The van der Waals surface area contributed by atoms with Gasteiger partial charge < -0.3 is 10.0 Å². The Bertz CT molecular complexity index is 749. The van der Waals surface area contributed by atoms with Crippen LogP contribution in [0.5, 0.6) is 0 Å². The molecule has 0 spiro atoms. The third-order valence-corrected chi connectivity index (χ3v) is 4.60. The average Bonchev–Trinajstić information content (AvgIpc) is 3.06. The average molecular weight is 387 g/mol. The number of aliphatic imine (C=N–C) groups is 1. The fraction of sp³-hybridized carbons (Fsp3) is 0.312. The Balaban J connectivity index is 2.11. The van der Waals surface area contributed by atoms with E-state index in [1.54, 1.807) is 30.3 Å². The minimum Gasteiger partial charge on any atom is -0.376 e. The van der Waals surface area contributed by atoms with Gasteiger partial charge in [0.2, 0.25) is 0 Å². The highest BCUT2D eigenvalue weighted by atomic mass is 35.5. The van der Waals surface area contributed by atoms with E-state index in [4.69, 9.17) is 11.6 Å². The first kappa shape index (κ1) is 19.4. The van der Waals surface area contributed by atoms with Crippen LogP contribution >= 0.6 is 22.9 Å². The van der Waals surface area contributed by atoms with Gasteiger partial charge >= 0.3 is 0 Å². The van der Waals surface area contributed by atoms with Gasteiger partial charge in [-0.1, -0.05) is 18.2 Å². The Hall–Kier alpha value is -1.90. The molecule has 0 aliphatic carbocycles. The van der Waals surface area contributed by atoms with Crippen molar-refractivity contribution < 1.29 is 13.9 Å². The molecule has 0 bridgehead atoms. The van der Waals surface area contributed by atoms with E-state index in [9.17, 15) is 13.9 Å². The van der Waals surface area contributed by atoms with Crippen molar-refractivity contribution in [2.45, 2.75) is 19.4 Å². The highest BCUT2D eigenvalue weighted by molar-refractivity contribution is 7.13. The van der Waals surface area contributed by atoms with Crippen LogP contribution in [0.2, 0.25) is 5.02 Å². The molecule has 1 N–H and O–H groups in total. The van der Waals surface area contributed by atoms with Crippen LogP contribution in [0.1, 0.15) is 16.3 Å². The van der Waals surface area contributed by atoms with Crippen LogP contribution in [-0.4, -0.2) is 41.0 Å². The summed E-state index contributed by atoms with van der Waals surface area (Å²) in [6, 6.07) is 3.37. The molecule has 0 aliphatic rings. The highest BCUT2D eigenvalue weighted by Crippen LogP contribution is 2.23. The van der Waals surface area contributed by atoms with Gasteiger partial charge in [-0.2, -0.15) is 0 Å². The van der Waals surface area contributed by atoms with Gasteiger partial charge in [-0.25, -0.2) is 18.7 Å². The summed E-state index contributed by atoms with van der Waals surface area (Å²) in [5.41, 5.74) is 0.326. The van der Waals surface area contributed by atoms with Crippen molar-refractivity contribution in [1.82, 2.24) is 9.97 Å². The number of aliphatic hydroxyl groups excluding tert-OH is 1. The molecule has 25 heavy (non-hydrogen) atoms. The summed E-state index contributed by atoms with van der Waals surface area (Å²) in [5, 5.41) is 10.8. The zero-order valence-corrected chi connectivity index (χ0v) is 15.1. The molecule has 2 aromatic heterocycles. The van der Waals surface area contributed by atoms with Gasteiger partial charge in [0, 0.05) is 25.9 Å². The standard InChI is InChI=1S/C16H17ClF2N4OS/c1-10(16(18)19)5-12(20-2)13-7-22-15(25-13)8-23(9-24)14-4-3-11(17)6-21-14/h3-4,6-7,16,24H,1,5,8-9H2,2H3. The van der Waals surface area contributed by atoms with Gasteiger partial charge in [-0.15, -0.1) is 11.3 Å². The Morgan fingerprint density at radius 3 is 2.72 bits per heavy atom. The summed E-state index contributed by atoms with van der Waals surface area (Å²) in [7, 11) is 1.55. The number of hydrogen-bond donors (Lipinski definition) is 1. The van der Waals surface area contributed by atoms with E-state index < -0.39 is 6.43 Å². The summed E-state index contributed by atoms with van der Waals surface area (Å²) in [6.45, 7) is 3.45. The van der Waals surface area contributed by atoms with E-state index in [1.807, 2.05) is 0 Å². The molecular formula is C16H17ClF2N4OS. The van der Waals surface area contributed by atoms with Gasteiger partial charge in [0.05, 0.1) is 22.2 Å². The van der Waals surface area contributed by atoms with Gasteiger partial charge in [0.15, 0.2) is 0 Å². The largest absolute Gasteiger partial charge is 0.376 e. The smallest absolute Gasteiger partial charge is 0.260 e. The van der Waals surface area contributed by atoms with E-state index in [0.717, 1.165) is 0 Å². The lowest BCUT2D eigenvalue weighted by Crippen LogP contribution is -2.24. The number of nitrogens with zero attached hydrogens (tertiary/aromatic N) is 4. The Morgan fingerprint density at radius 1 is 1.40 bits per heavy atom. The summed E-state index contributed by atoms with van der Waals surface area (Å²) in [6.07, 6.45) is 0.499. The lowest BCUT2D eigenvalue weighted by molar-refractivity contribution is 0.188. The fourth-order valence-electron chi connectivity index (χ4n) is 2.01. The number of rotatable bonds is 8. The number of allylic oxidation sites excluding steroid dienone is 1. The molecule has 9 heteroatoms. The lowest BCUT2D eigenvalue weighted by atomic mass is 10.1. The molecule has 0 saturated heterocycles. The van der Waals surface area contributed by atoms with E-state index >= 15 is 0 Å². The van der Waals surface area contributed by atoms with Crippen LogP contribution in [0.3, 0.4) is 0 Å². The molecule has 2 heterocycles. The third-order valence-electron chi connectivity index (χ3n) is 3.34. The number of halogens is 3. The van der Waals surface area contributed by atoms with E-state index in [0.29, 0.717) is 33.0 Å². The number of pyridine rings is 1. The first-order valence-electron chi connectivity index (χ1n) is 7.28. The Labute approximate surface area is 153 Å². The first-order chi connectivity index (χ1) is 11.9. The van der Waals surface area contributed by atoms with Crippen molar-refractivity contribution in [3.8, 4) is 0 Å². The maximum atomic E-state index is 12.7. The van der Waals surface area contributed by atoms with Crippen molar-refractivity contribution in [3.05, 3.63) is 51.6 Å². The molecule has 0 unspecified atom stereocenters. The summed E-state index contributed by atoms with van der Waals surface area (Å²) >= 11 is 7.14. The molecule has 0 atom stereocenters. The summed E-state index contributed by atoms with van der Waals surface area (Å²) in [4.78, 5) is 14.8. The Kier molecular flexibility index (Phi) is 6.98. The maximum absolute atomic E-state index is 12.7. The van der Waals surface area contributed by atoms with Crippen molar-refractivity contribution in [2.75, 3.05) is 18.7 Å². The molecule has 0 saturated carbocycles. The molecule has 0 aliphatic heterocycles. The van der Waals surface area contributed by atoms with Crippen LogP contribution < -0.4 is 4.90 Å². The highest BCUT2D eigenvalue weighted by Gasteiger charge is 2.16. The molecule has 2 aromatic rings. The van der Waals surface area contributed by atoms with E-state index in [2.05, 4.69) is 21.5 Å². The SMILES string of the molecule is C=C(CC(=NC)c1cnc(CN(CO)c2ccc(Cl)cn2)s1)C(F)F. The molecule has 0 amide bonds. The molecule has 5 nitrogen and oxygen atoms in total. The number of thiazole rings is 1. The van der Waals surface area contributed by atoms with Crippen molar-refractivity contribution in [1.29, 1.82) is 0 Å². The quantitative estimate of drug-likeness (QED) is 0.426. The molecule has 0 fully saturated rings. The minimum atomic E-state index is -2.58. The fourth-order valence-corrected chi connectivity index (χ4v) is 3.09. The van der Waals surface area contributed by atoms with Crippen LogP contribution in [0.4, 0.5) is 14.6 Å². The molecule has 134 valence electrons. The number of alkyl halides is 2. The molecule has 0 radical (unpaired) electrons. The number of aliphatic hydroxyl groups is 1. The van der Waals surface area contributed by atoms with Crippen molar-refractivity contribution in [2.24, 2.45) is 4.99 Å². The topological polar surface area (TPSA) is 61.6 Å². The van der Waals surface area contributed by atoms with E-state index in [1.165, 1.54) is 17.5 Å². The monoisotopic (exact) mass is 386 g/mol. The maximum Gasteiger partial charge on any atom is 0.260 e. The van der Waals surface area contributed by atoms with Crippen molar-refractivity contribution in [3.63, 3.8) is 0 Å². The zero-order chi connectivity index (χ0) is 18.4. The number of hydrogen-bond acceptors (Lipinski definition) is 6. The molecule has 0 aromatic carbocycles. The molecular weight excluding hydrogens is 370 g/mol. The second-order valence-corrected chi connectivity index (χ2v) is 6.65. The van der Waals surface area contributed by atoms with Gasteiger partial charge in [0.1, 0.15) is 17.6 Å². The van der Waals surface area contributed by atoms with Crippen LogP contribution in [-0.2, 0) is 6.54 Å².